The smallest absolute Gasteiger partial charge is 0.327 e. The predicted molar refractivity (Wildman–Crippen MR) is 86.3 cm³/mol. The minimum absolute atomic E-state index is 0.231. The lowest BCUT2D eigenvalue weighted by Gasteiger charge is -2.17. The highest BCUT2D eigenvalue weighted by Gasteiger charge is 2.37. The summed E-state index contributed by atoms with van der Waals surface area (Å²) >= 11 is 0. The molecular formula is C18H14N2O5. The Bertz CT molecular complexity index is 828. The van der Waals surface area contributed by atoms with Crippen molar-refractivity contribution in [1.82, 2.24) is 4.90 Å². The van der Waals surface area contributed by atoms with Crippen LogP contribution in [-0.2, 0) is 14.3 Å². The van der Waals surface area contributed by atoms with Crippen molar-refractivity contribution in [3.05, 3.63) is 71.3 Å². The zero-order chi connectivity index (χ0) is 18.0. The van der Waals surface area contributed by atoms with E-state index in [9.17, 15) is 19.2 Å². The summed E-state index contributed by atoms with van der Waals surface area (Å²) in [5, 5.41) is 0. The Morgan fingerprint density at radius 2 is 1.44 bits per heavy atom. The number of carbonyl (C=O) groups excluding carboxylic acids is 4. The Balaban J connectivity index is 1.74. The van der Waals surface area contributed by atoms with Crippen molar-refractivity contribution in [2.24, 2.45) is 5.73 Å². The Kier molecular flexibility index (Phi) is 4.30. The van der Waals surface area contributed by atoms with Gasteiger partial charge in [0.05, 0.1) is 11.1 Å². The van der Waals surface area contributed by atoms with Gasteiger partial charge in [-0.25, -0.2) is 0 Å². The number of hydrogen-bond donors (Lipinski definition) is 1. The highest BCUT2D eigenvalue weighted by Crippen LogP contribution is 2.23. The number of esters is 1. The Hall–Kier alpha value is -3.48. The maximum atomic E-state index is 12.2. The molecule has 3 rings (SSSR count). The van der Waals surface area contributed by atoms with E-state index < -0.39 is 36.3 Å². The summed E-state index contributed by atoms with van der Waals surface area (Å²) < 4.78 is 5.10. The SMILES string of the molecule is NC(=O)C(OC(=O)CN1C(=O)c2ccccc2C1=O)c1ccccc1. The van der Waals surface area contributed by atoms with Gasteiger partial charge in [0.2, 0.25) is 6.10 Å². The topological polar surface area (TPSA) is 107 Å². The van der Waals surface area contributed by atoms with Gasteiger partial charge >= 0.3 is 5.97 Å². The Labute approximate surface area is 143 Å². The molecule has 2 N–H and O–H groups in total. The molecule has 0 fully saturated rings. The van der Waals surface area contributed by atoms with E-state index in [1.54, 1.807) is 42.5 Å². The van der Waals surface area contributed by atoms with Crippen molar-refractivity contribution in [3.8, 4) is 0 Å². The molecule has 2 aromatic carbocycles. The van der Waals surface area contributed by atoms with Crippen molar-refractivity contribution >= 4 is 23.7 Å². The quantitative estimate of drug-likeness (QED) is 0.648. The number of primary amides is 1. The van der Waals surface area contributed by atoms with E-state index >= 15 is 0 Å². The van der Waals surface area contributed by atoms with Crippen molar-refractivity contribution in [1.29, 1.82) is 0 Å². The second-order valence-corrected chi connectivity index (χ2v) is 5.42. The molecule has 1 unspecified atom stereocenters. The molecule has 0 aromatic heterocycles. The second kappa shape index (κ2) is 6.56. The lowest BCUT2D eigenvalue weighted by atomic mass is 10.1. The average molecular weight is 338 g/mol. The highest BCUT2D eigenvalue weighted by atomic mass is 16.5. The van der Waals surface area contributed by atoms with Gasteiger partial charge in [-0.05, 0) is 12.1 Å². The van der Waals surface area contributed by atoms with Crippen LogP contribution in [0.15, 0.2) is 54.6 Å². The van der Waals surface area contributed by atoms with E-state index in [1.165, 1.54) is 12.1 Å². The molecule has 7 nitrogen and oxygen atoms in total. The number of imide groups is 1. The molecule has 25 heavy (non-hydrogen) atoms. The van der Waals surface area contributed by atoms with E-state index in [-0.39, 0.29) is 11.1 Å². The van der Waals surface area contributed by atoms with Gasteiger partial charge in [-0.15, -0.1) is 0 Å². The maximum Gasteiger partial charge on any atom is 0.327 e. The second-order valence-electron chi connectivity index (χ2n) is 5.42. The first-order valence-electron chi connectivity index (χ1n) is 7.48. The lowest BCUT2D eigenvalue weighted by Crippen LogP contribution is -2.37. The van der Waals surface area contributed by atoms with E-state index in [2.05, 4.69) is 0 Å². The van der Waals surface area contributed by atoms with Gasteiger partial charge in [0.15, 0.2) is 0 Å². The number of carbonyl (C=O) groups is 4. The molecule has 3 amide bonds. The molecule has 1 atom stereocenters. The summed E-state index contributed by atoms with van der Waals surface area (Å²) in [6.45, 7) is -0.594. The molecule has 1 heterocycles. The number of amides is 3. The van der Waals surface area contributed by atoms with Crippen LogP contribution in [0.1, 0.15) is 32.4 Å². The molecule has 0 radical (unpaired) electrons. The van der Waals surface area contributed by atoms with Gasteiger partial charge in [0.1, 0.15) is 6.54 Å². The van der Waals surface area contributed by atoms with Gasteiger partial charge in [-0.1, -0.05) is 42.5 Å². The highest BCUT2D eigenvalue weighted by molar-refractivity contribution is 6.22. The molecule has 1 aliphatic heterocycles. The van der Waals surface area contributed by atoms with Crippen LogP contribution in [-0.4, -0.2) is 35.1 Å². The fraction of sp³-hybridized carbons (Fsp3) is 0.111. The third-order valence-corrected chi connectivity index (χ3v) is 3.78. The van der Waals surface area contributed by atoms with Gasteiger partial charge in [0, 0.05) is 5.56 Å². The van der Waals surface area contributed by atoms with Crippen molar-refractivity contribution in [2.45, 2.75) is 6.10 Å². The third kappa shape index (κ3) is 3.12. The van der Waals surface area contributed by atoms with Crippen LogP contribution in [0.4, 0.5) is 0 Å². The summed E-state index contributed by atoms with van der Waals surface area (Å²) in [5.41, 5.74) is 6.16. The van der Waals surface area contributed by atoms with E-state index in [1.807, 2.05) is 0 Å². The lowest BCUT2D eigenvalue weighted by molar-refractivity contribution is -0.155. The molecule has 1 aliphatic rings. The summed E-state index contributed by atoms with van der Waals surface area (Å²) in [6.07, 6.45) is -1.29. The fourth-order valence-corrected chi connectivity index (χ4v) is 2.60. The maximum absolute atomic E-state index is 12.2. The molecule has 7 heteroatoms. The van der Waals surface area contributed by atoms with E-state index in [0.717, 1.165) is 4.90 Å². The molecule has 0 aliphatic carbocycles. The minimum atomic E-state index is -1.29. The Morgan fingerprint density at radius 3 is 1.96 bits per heavy atom. The minimum Gasteiger partial charge on any atom is -0.446 e. The van der Waals surface area contributed by atoms with Crippen LogP contribution in [0.3, 0.4) is 0 Å². The number of benzene rings is 2. The monoisotopic (exact) mass is 338 g/mol. The van der Waals surface area contributed by atoms with Crippen LogP contribution in [0.5, 0.6) is 0 Å². The summed E-state index contributed by atoms with van der Waals surface area (Å²) in [5.74, 6) is -2.90. The predicted octanol–water partition coefficient (Wildman–Crippen LogP) is 1.05. The Morgan fingerprint density at radius 1 is 0.920 bits per heavy atom. The molecular weight excluding hydrogens is 324 g/mol. The fourth-order valence-electron chi connectivity index (χ4n) is 2.60. The zero-order valence-electron chi connectivity index (χ0n) is 13.0. The summed E-state index contributed by atoms with van der Waals surface area (Å²) in [6, 6.07) is 14.5. The average Bonchev–Trinajstić information content (AvgIpc) is 2.85. The molecule has 2 aromatic rings. The van der Waals surface area contributed by atoms with Crippen LogP contribution < -0.4 is 5.73 Å². The number of fused-ring (bicyclic) bond motifs is 1. The van der Waals surface area contributed by atoms with Crippen LogP contribution in [0.2, 0.25) is 0 Å². The summed E-state index contributed by atoms with van der Waals surface area (Å²) in [4.78, 5) is 49.0. The van der Waals surface area contributed by atoms with Crippen LogP contribution in [0, 0.1) is 0 Å². The van der Waals surface area contributed by atoms with Crippen molar-refractivity contribution < 1.29 is 23.9 Å². The molecule has 126 valence electrons. The number of ether oxygens (including phenoxy) is 1. The van der Waals surface area contributed by atoms with E-state index in [0.29, 0.717) is 5.56 Å². The van der Waals surface area contributed by atoms with Crippen LogP contribution in [0.25, 0.3) is 0 Å². The first kappa shape index (κ1) is 16.4. The summed E-state index contributed by atoms with van der Waals surface area (Å²) in [7, 11) is 0. The largest absolute Gasteiger partial charge is 0.446 e. The van der Waals surface area contributed by atoms with Gasteiger partial charge in [0.25, 0.3) is 17.7 Å². The molecule has 0 saturated heterocycles. The first-order chi connectivity index (χ1) is 12.0. The number of nitrogens with two attached hydrogens (primary N) is 1. The molecule has 0 spiro atoms. The van der Waals surface area contributed by atoms with Crippen molar-refractivity contribution in [3.63, 3.8) is 0 Å². The standard InChI is InChI=1S/C18H14N2O5/c19-16(22)15(11-6-2-1-3-7-11)25-14(21)10-20-17(23)12-8-4-5-9-13(12)18(20)24/h1-9,15H,10H2,(H2,19,22). The first-order valence-corrected chi connectivity index (χ1v) is 7.48. The third-order valence-electron chi connectivity index (χ3n) is 3.78. The molecule has 0 bridgehead atoms. The van der Waals surface area contributed by atoms with Gasteiger partial charge in [-0.3, -0.25) is 24.1 Å². The number of rotatable bonds is 5. The normalized spacial score (nSPS) is 14.2. The van der Waals surface area contributed by atoms with Crippen molar-refractivity contribution in [2.75, 3.05) is 6.54 Å². The number of hydrogen-bond acceptors (Lipinski definition) is 5. The van der Waals surface area contributed by atoms with Gasteiger partial charge in [-0.2, -0.15) is 0 Å². The van der Waals surface area contributed by atoms with E-state index in [4.69, 9.17) is 10.5 Å². The zero-order valence-corrected chi connectivity index (χ0v) is 13.0. The van der Waals surface area contributed by atoms with Crippen LogP contribution >= 0.6 is 0 Å². The van der Waals surface area contributed by atoms with Gasteiger partial charge < -0.3 is 10.5 Å². The number of nitrogens with zero attached hydrogens (tertiary/aromatic N) is 1. The molecule has 0 saturated carbocycles.